The largest absolute Gasteiger partial charge is 0.481 e. The lowest BCUT2D eigenvalue weighted by Crippen LogP contribution is -2.39. The standard InChI is InChI=1S/C17H18N2O7/c1-9-4-10(5-12-15(9)26-7-13(20)18-12)19-8-25-6-11(16(21)23-2)14(19)17(22)24-3/h4-5H,6-8H2,1-3H3,(H,18,20). The Kier molecular flexibility index (Phi) is 4.81. The topological polar surface area (TPSA) is 103 Å². The lowest BCUT2D eigenvalue weighted by Gasteiger charge is -2.32. The number of aryl methyl sites for hydroxylation is 1. The highest BCUT2D eigenvalue weighted by Gasteiger charge is 2.33. The van der Waals surface area contributed by atoms with Crippen molar-refractivity contribution >= 4 is 29.2 Å². The monoisotopic (exact) mass is 362 g/mol. The number of methoxy groups -OCH3 is 2. The molecule has 2 aliphatic rings. The van der Waals surface area contributed by atoms with Crippen LogP contribution in [0.4, 0.5) is 11.4 Å². The number of nitrogens with zero attached hydrogens (tertiary/aromatic N) is 1. The number of fused-ring (bicyclic) bond motifs is 1. The second-order valence-electron chi connectivity index (χ2n) is 5.69. The highest BCUT2D eigenvalue weighted by Crippen LogP contribution is 2.37. The Balaban J connectivity index is 2.11. The van der Waals surface area contributed by atoms with E-state index in [1.54, 1.807) is 12.1 Å². The number of benzene rings is 1. The summed E-state index contributed by atoms with van der Waals surface area (Å²) in [4.78, 5) is 37.5. The average Bonchev–Trinajstić information content (AvgIpc) is 2.65. The van der Waals surface area contributed by atoms with Crippen LogP contribution < -0.4 is 15.0 Å². The fraction of sp³-hybridized carbons (Fsp3) is 0.353. The van der Waals surface area contributed by atoms with Crippen molar-refractivity contribution in [2.45, 2.75) is 6.92 Å². The summed E-state index contributed by atoms with van der Waals surface area (Å²) in [6.45, 7) is 1.71. The molecule has 0 spiro atoms. The molecule has 138 valence electrons. The third kappa shape index (κ3) is 3.08. The Hall–Kier alpha value is -3.07. The summed E-state index contributed by atoms with van der Waals surface area (Å²) in [6, 6.07) is 3.41. The van der Waals surface area contributed by atoms with Crippen LogP contribution >= 0.6 is 0 Å². The first-order valence-corrected chi connectivity index (χ1v) is 7.78. The first-order valence-electron chi connectivity index (χ1n) is 7.78. The molecule has 0 bridgehead atoms. The molecule has 9 nitrogen and oxygen atoms in total. The number of carbonyl (C=O) groups is 3. The van der Waals surface area contributed by atoms with Gasteiger partial charge in [-0.15, -0.1) is 0 Å². The van der Waals surface area contributed by atoms with E-state index in [1.807, 2.05) is 6.92 Å². The molecule has 9 heteroatoms. The van der Waals surface area contributed by atoms with Gasteiger partial charge in [-0.05, 0) is 24.6 Å². The third-order valence-electron chi connectivity index (χ3n) is 4.03. The van der Waals surface area contributed by atoms with Gasteiger partial charge in [0.1, 0.15) is 18.2 Å². The maximum atomic E-state index is 12.3. The molecule has 0 unspecified atom stereocenters. The van der Waals surface area contributed by atoms with Crippen LogP contribution in [0.5, 0.6) is 5.75 Å². The van der Waals surface area contributed by atoms with Crippen molar-refractivity contribution in [3.05, 3.63) is 29.0 Å². The van der Waals surface area contributed by atoms with E-state index < -0.39 is 11.9 Å². The molecule has 3 rings (SSSR count). The van der Waals surface area contributed by atoms with E-state index in [1.165, 1.54) is 19.1 Å². The third-order valence-corrected chi connectivity index (χ3v) is 4.03. The minimum atomic E-state index is -0.690. The molecule has 1 N–H and O–H groups in total. The van der Waals surface area contributed by atoms with E-state index in [4.69, 9.17) is 18.9 Å². The fourth-order valence-electron chi connectivity index (χ4n) is 2.87. The summed E-state index contributed by atoms with van der Waals surface area (Å²) in [5, 5.41) is 2.73. The molecule has 1 amide bonds. The number of amides is 1. The molecular weight excluding hydrogens is 344 g/mol. The Labute approximate surface area is 149 Å². The van der Waals surface area contributed by atoms with Gasteiger partial charge in [-0.1, -0.05) is 0 Å². The van der Waals surface area contributed by atoms with E-state index in [0.29, 0.717) is 17.1 Å². The van der Waals surface area contributed by atoms with Crippen molar-refractivity contribution in [2.75, 3.05) is 44.4 Å². The molecule has 0 aromatic heterocycles. The van der Waals surface area contributed by atoms with Gasteiger partial charge in [0.2, 0.25) is 0 Å². The zero-order valence-electron chi connectivity index (χ0n) is 14.6. The Morgan fingerprint density at radius 3 is 2.58 bits per heavy atom. The zero-order valence-corrected chi connectivity index (χ0v) is 14.6. The van der Waals surface area contributed by atoms with Crippen molar-refractivity contribution in [1.82, 2.24) is 0 Å². The molecule has 0 fully saturated rings. The maximum Gasteiger partial charge on any atom is 0.355 e. The average molecular weight is 362 g/mol. The summed E-state index contributed by atoms with van der Waals surface area (Å²) >= 11 is 0. The Morgan fingerprint density at radius 2 is 1.88 bits per heavy atom. The SMILES string of the molecule is COC(=O)C1=C(C(=O)OC)N(c2cc(C)c3c(c2)NC(=O)CO3)COC1. The number of nitrogens with one attached hydrogen (secondary N) is 1. The summed E-state index contributed by atoms with van der Waals surface area (Å²) < 4.78 is 20.5. The normalized spacial score (nSPS) is 16.4. The highest BCUT2D eigenvalue weighted by molar-refractivity contribution is 6.04. The van der Waals surface area contributed by atoms with Crippen LogP contribution in [0.2, 0.25) is 0 Å². The quantitative estimate of drug-likeness (QED) is 0.785. The van der Waals surface area contributed by atoms with Gasteiger partial charge in [-0.2, -0.15) is 0 Å². The van der Waals surface area contributed by atoms with Crippen LogP contribution in [0.25, 0.3) is 0 Å². The number of anilines is 2. The van der Waals surface area contributed by atoms with E-state index in [0.717, 1.165) is 5.56 Å². The summed E-state index contributed by atoms with van der Waals surface area (Å²) in [7, 11) is 2.45. The molecule has 0 aliphatic carbocycles. The lowest BCUT2D eigenvalue weighted by atomic mass is 10.1. The molecule has 2 heterocycles. The predicted octanol–water partition coefficient (Wildman–Crippen LogP) is 0.720. The van der Waals surface area contributed by atoms with Crippen molar-refractivity contribution in [3.8, 4) is 5.75 Å². The molecular formula is C17H18N2O7. The molecule has 2 aliphatic heterocycles. The van der Waals surface area contributed by atoms with Crippen molar-refractivity contribution in [2.24, 2.45) is 0 Å². The van der Waals surface area contributed by atoms with Gasteiger partial charge in [0, 0.05) is 5.69 Å². The molecule has 0 saturated heterocycles. The van der Waals surface area contributed by atoms with Crippen LogP contribution in [0, 0.1) is 6.92 Å². The van der Waals surface area contributed by atoms with E-state index in [-0.39, 0.29) is 37.1 Å². The zero-order chi connectivity index (χ0) is 18.8. The fourth-order valence-corrected chi connectivity index (χ4v) is 2.87. The van der Waals surface area contributed by atoms with E-state index >= 15 is 0 Å². The van der Waals surface area contributed by atoms with Gasteiger partial charge in [-0.25, -0.2) is 9.59 Å². The van der Waals surface area contributed by atoms with Gasteiger partial charge in [0.25, 0.3) is 5.91 Å². The molecule has 0 saturated carbocycles. The van der Waals surface area contributed by atoms with E-state index in [2.05, 4.69) is 5.32 Å². The van der Waals surface area contributed by atoms with Crippen molar-refractivity contribution in [1.29, 1.82) is 0 Å². The van der Waals surface area contributed by atoms with Gasteiger partial charge in [0.15, 0.2) is 6.61 Å². The molecule has 0 radical (unpaired) electrons. The van der Waals surface area contributed by atoms with Crippen LogP contribution in [-0.2, 0) is 28.6 Å². The number of esters is 2. The van der Waals surface area contributed by atoms with Crippen LogP contribution in [0.1, 0.15) is 5.56 Å². The maximum absolute atomic E-state index is 12.3. The minimum absolute atomic E-state index is 0.0258. The first-order chi connectivity index (χ1) is 12.5. The molecule has 1 aromatic rings. The van der Waals surface area contributed by atoms with Crippen LogP contribution in [0.15, 0.2) is 23.4 Å². The number of rotatable bonds is 3. The second kappa shape index (κ2) is 7.04. The molecule has 1 aromatic carbocycles. The number of hydrogen-bond donors (Lipinski definition) is 1. The number of carbonyl (C=O) groups excluding carboxylic acids is 3. The first kappa shape index (κ1) is 17.7. The number of ether oxygens (including phenoxy) is 4. The number of hydrogen-bond acceptors (Lipinski definition) is 8. The van der Waals surface area contributed by atoms with Crippen LogP contribution in [-0.4, -0.2) is 52.0 Å². The summed E-state index contributed by atoms with van der Waals surface area (Å²) in [6.07, 6.45) is 0. The van der Waals surface area contributed by atoms with Gasteiger partial charge >= 0.3 is 11.9 Å². The van der Waals surface area contributed by atoms with Crippen molar-refractivity contribution in [3.63, 3.8) is 0 Å². The Morgan fingerprint density at radius 1 is 1.15 bits per heavy atom. The lowest BCUT2D eigenvalue weighted by molar-refractivity contribution is -0.140. The smallest absolute Gasteiger partial charge is 0.355 e. The second-order valence-corrected chi connectivity index (χ2v) is 5.69. The summed E-state index contributed by atoms with van der Waals surface area (Å²) in [5.74, 6) is -1.09. The highest BCUT2D eigenvalue weighted by atomic mass is 16.5. The van der Waals surface area contributed by atoms with Crippen LogP contribution in [0.3, 0.4) is 0 Å². The van der Waals surface area contributed by atoms with Gasteiger partial charge < -0.3 is 29.2 Å². The molecule has 0 atom stereocenters. The minimum Gasteiger partial charge on any atom is -0.481 e. The molecule has 26 heavy (non-hydrogen) atoms. The van der Waals surface area contributed by atoms with Gasteiger partial charge in [0.05, 0.1) is 32.1 Å². The van der Waals surface area contributed by atoms with E-state index in [9.17, 15) is 14.4 Å². The van der Waals surface area contributed by atoms with Gasteiger partial charge in [-0.3, -0.25) is 4.79 Å². The summed E-state index contributed by atoms with van der Waals surface area (Å²) in [5.41, 5.74) is 1.86. The Bertz CT molecular complexity index is 816. The van der Waals surface area contributed by atoms with Crippen molar-refractivity contribution < 1.29 is 33.3 Å². The predicted molar refractivity (Wildman–Crippen MR) is 89.7 cm³/mol.